The molecule has 0 spiro atoms. The van der Waals surface area contributed by atoms with Gasteiger partial charge in [0.1, 0.15) is 0 Å². The summed E-state index contributed by atoms with van der Waals surface area (Å²) >= 11 is 0. The van der Waals surface area contributed by atoms with Crippen LogP contribution >= 0.6 is 12.4 Å². The van der Waals surface area contributed by atoms with Gasteiger partial charge in [-0.25, -0.2) is 4.79 Å². The Kier molecular flexibility index (Phi) is 6.85. The van der Waals surface area contributed by atoms with Crippen LogP contribution in [-0.2, 0) is 11.2 Å². The van der Waals surface area contributed by atoms with Gasteiger partial charge in [0.05, 0.1) is 7.11 Å². The van der Waals surface area contributed by atoms with Crippen molar-refractivity contribution in [2.75, 3.05) is 26.8 Å². The van der Waals surface area contributed by atoms with Crippen molar-refractivity contribution in [3.05, 3.63) is 52.8 Å². The molecule has 1 fully saturated rings. The maximum Gasteiger partial charge on any atom is 0.341 e. The van der Waals surface area contributed by atoms with E-state index in [0.717, 1.165) is 31.6 Å². The van der Waals surface area contributed by atoms with E-state index in [0.29, 0.717) is 11.5 Å². The molecule has 0 aliphatic carbocycles. The van der Waals surface area contributed by atoms with Gasteiger partial charge in [0.2, 0.25) is 0 Å². The molecule has 1 aromatic carbocycles. The van der Waals surface area contributed by atoms with Crippen molar-refractivity contribution in [3.63, 3.8) is 0 Å². The van der Waals surface area contributed by atoms with Gasteiger partial charge in [-0.2, -0.15) is 0 Å². The zero-order valence-corrected chi connectivity index (χ0v) is 18.0. The third-order valence-corrected chi connectivity index (χ3v) is 6.00. The number of halogens is 1. The molecular weight excluding hydrogens is 406 g/mol. The van der Waals surface area contributed by atoms with Gasteiger partial charge in [-0.3, -0.25) is 9.88 Å². The fourth-order valence-electron chi connectivity index (χ4n) is 4.55. The molecular formula is C22H28ClN3O4. The summed E-state index contributed by atoms with van der Waals surface area (Å²) in [4.78, 5) is 17.9. The molecule has 2 aromatic rings. The van der Waals surface area contributed by atoms with E-state index >= 15 is 0 Å². The minimum absolute atomic E-state index is 0. The van der Waals surface area contributed by atoms with Gasteiger partial charge in [-0.15, -0.1) is 12.4 Å². The van der Waals surface area contributed by atoms with Crippen LogP contribution in [0.15, 0.2) is 30.5 Å². The highest BCUT2D eigenvalue weighted by Crippen LogP contribution is 2.44. The minimum atomic E-state index is -1.01. The first-order valence-corrected chi connectivity index (χ1v) is 9.94. The number of aliphatic carboxylic acids is 1. The molecule has 30 heavy (non-hydrogen) atoms. The number of hydrogen-bond acceptors (Lipinski definition) is 6. The number of rotatable bonds is 5. The van der Waals surface area contributed by atoms with Crippen LogP contribution in [0, 0.1) is 6.92 Å². The van der Waals surface area contributed by atoms with Crippen molar-refractivity contribution >= 4 is 18.4 Å². The van der Waals surface area contributed by atoms with Crippen molar-refractivity contribution in [1.29, 1.82) is 0 Å². The number of piperidine rings is 1. The summed E-state index contributed by atoms with van der Waals surface area (Å²) in [6.45, 7) is 3.50. The summed E-state index contributed by atoms with van der Waals surface area (Å²) in [6, 6.07) is 8.30. The zero-order chi connectivity index (χ0) is 20.5. The van der Waals surface area contributed by atoms with Crippen molar-refractivity contribution in [2.24, 2.45) is 5.73 Å². The fourth-order valence-corrected chi connectivity index (χ4v) is 4.55. The Morgan fingerprint density at radius 2 is 2.13 bits per heavy atom. The first-order valence-electron chi connectivity index (χ1n) is 9.94. The summed E-state index contributed by atoms with van der Waals surface area (Å²) in [5.41, 5.74) is 11.3. The number of methoxy groups -OCH3 is 1. The Morgan fingerprint density at radius 3 is 2.83 bits per heavy atom. The number of ether oxygens (including phenoxy) is 2. The number of hydrogen-bond donors (Lipinski definition) is 2. The second kappa shape index (κ2) is 9.20. The van der Waals surface area contributed by atoms with Gasteiger partial charge in [0.15, 0.2) is 18.1 Å². The Hall–Kier alpha value is -2.35. The molecule has 3 atom stereocenters. The molecule has 1 aromatic heterocycles. The van der Waals surface area contributed by atoms with Crippen molar-refractivity contribution in [1.82, 2.24) is 9.88 Å². The maximum absolute atomic E-state index is 10.9. The monoisotopic (exact) mass is 433 g/mol. The number of nitrogens with zero attached hydrogens (tertiary/aromatic N) is 2. The zero-order valence-electron chi connectivity index (χ0n) is 17.2. The molecule has 0 radical (unpaired) electrons. The molecule has 2 aliphatic rings. The van der Waals surface area contributed by atoms with Gasteiger partial charge >= 0.3 is 5.97 Å². The van der Waals surface area contributed by atoms with Crippen LogP contribution in [0.4, 0.5) is 0 Å². The highest BCUT2D eigenvalue weighted by atomic mass is 35.5. The number of aromatic nitrogens is 1. The second-order valence-electron chi connectivity index (χ2n) is 7.91. The molecule has 3 N–H and O–H groups in total. The maximum atomic E-state index is 10.9. The van der Waals surface area contributed by atoms with Crippen molar-refractivity contribution in [3.8, 4) is 11.5 Å². The third-order valence-electron chi connectivity index (χ3n) is 6.00. The van der Waals surface area contributed by atoms with Gasteiger partial charge in [0.25, 0.3) is 0 Å². The summed E-state index contributed by atoms with van der Waals surface area (Å²) in [7, 11) is 1.57. The van der Waals surface area contributed by atoms with E-state index in [9.17, 15) is 4.79 Å². The third kappa shape index (κ3) is 4.38. The smallest absolute Gasteiger partial charge is 0.341 e. The van der Waals surface area contributed by atoms with Crippen LogP contribution in [0.3, 0.4) is 0 Å². The van der Waals surface area contributed by atoms with Crippen molar-refractivity contribution < 1.29 is 19.4 Å². The molecule has 4 rings (SSSR count). The van der Waals surface area contributed by atoms with Crippen LogP contribution in [0.5, 0.6) is 11.5 Å². The highest BCUT2D eigenvalue weighted by molar-refractivity contribution is 5.85. The Bertz CT molecular complexity index is 923. The predicted octanol–water partition coefficient (Wildman–Crippen LogP) is 2.70. The Balaban J connectivity index is 0.00000256. The van der Waals surface area contributed by atoms with Gasteiger partial charge in [-0.1, -0.05) is 0 Å². The van der Waals surface area contributed by atoms with E-state index in [2.05, 4.69) is 22.9 Å². The number of pyridine rings is 1. The van der Waals surface area contributed by atoms with Crippen LogP contribution in [0.2, 0.25) is 0 Å². The molecule has 2 aliphatic heterocycles. The number of aryl methyl sites for hydroxylation is 1. The molecule has 0 amide bonds. The number of nitrogens with two attached hydrogens (primary N) is 1. The first kappa shape index (κ1) is 22.3. The van der Waals surface area contributed by atoms with Gasteiger partial charge in [0, 0.05) is 43.0 Å². The molecule has 3 heterocycles. The summed E-state index contributed by atoms with van der Waals surface area (Å²) in [5.74, 6) is 0.240. The number of fused-ring (bicyclic) bond motifs is 3. The van der Waals surface area contributed by atoms with Gasteiger partial charge in [-0.05, 0) is 60.7 Å². The minimum Gasteiger partial charge on any atom is -0.493 e. The molecule has 8 heteroatoms. The summed E-state index contributed by atoms with van der Waals surface area (Å²) in [6.07, 6.45) is 3.58. The molecule has 0 bridgehead atoms. The average molecular weight is 434 g/mol. The molecule has 162 valence electrons. The predicted molar refractivity (Wildman–Crippen MR) is 116 cm³/mol. The van der Waals surface area contributed by atoms with E-state index in [4.69, 9.17) is 20.3 Å². The van der Waals surface area contributed by atoms with Crippen LogP contribution in [0.25, 0.3) is 0 Å². The van der Waals surface area contributed by atoms with E-state index in [1.165, 1.54) is 16.7 Å². The lowest BCUT2D eigenvalue weighted by Gasteiger charge is -2.46. The topological polar surface area (TPSA) is 97.9 Å². The van der Waals surface area contributed by atoms with Crippen LogP contribution in [0.1, 0.15) is 40.8 Å². The largest absolute Gasteiger partial charge is 0.493 e. The van der Waals surface area contributed by atoms with E-state index in [-0.39, 0.29) is 37.0 Å². The quantitative estimate of drug-likeness (QED) is 0.747. The lowest BCUT2D eigenvalue weighted by atomic mass is 9.79. The lowest BCUT2D eigenvalue weighted by molar-refractivity contribution is -0.139. The first-order chi connectivity index (χ1) is 14.0. The van der Waals surface area contributed by atoms with E-state index in [1.807, 2.05) is 24.4 Å². The van der Waals surface area contributed by atoms with Crippen LogP contribution < -0.4 is 15.2 Å². The molecule has 1 saturated heterocycles. The molecule has 0 unspecified atom stereocenters. The summed E-state index contributed by atoms with van der Waals surface area (Å²) < 4.78 is 10.9. The second-order valence-corrected chi connectivity index (χ2v) is 7.91. The Morgan fingerprint density at radius 1 is 1.33 bits per heavy atom. The number of carbonyl (C=O) groups is 1. The summed E-state index contributed by atoms with van der Waals surface area (Å²) in [5, 5.41) is 8.90. The van der Waals surface area contributed by atoms with E-state index < -0.39 is 5.97 Å². The molecule has 7 nitrogen and oxygen atoms in total. The SMILES string of the molecule is COc1cc2c(cc1OCC(=O)O)CCN1C[C@@H](c3cc(C)ccn3)[C@H](N)C[C@H]21.Cl. The standard InChI is InChI=1S/C22H27N3O4.ClH/c1-13-3-5-24-18(7-13)16-11-25-6-4-14-8-21(29-12-22(26)27)20(28-2)9-15(14)19(25)10-17(16)23;/h3,5,7-9,16-17,19H,4,6,10-12,23H2,1-2H3,(H,26,27);1H/t16-,17-,19-;/m1./s1. The number of carboxylic acids is 1. The van der Waals surface area contributed by atoms with Crippen molar-refractivity contribution in [2.45, 2.75) is 37.8 Å². The van der Waals surface area contributed by atoms with Gasteiger partial charge < -0.3 is 20.3 Å². The van der Waals surface area contributed by atoms with Crippen LogP contribution in [-0.4, -0.2) is 53.8 Å². The number of benzene rings is 1. The normalized spacial score (nSPS) is 23.0. The highest BCUT2D eigenvalue weighted by Gasteiger charge is 2.39. The Labute approximate surface area is 182 Å². The number of carboxylic acid groups (broad SMARTS) is 1. The lowest BCUT2D eigenvalue weighted by Crippen LogP contribution is -2.50. The molecule has 0 saturated carbocycles. The van der Waals surface area contributed by atoms with E-state index in [1.54, 1.807) is 7.11 Å². The fraction of sp³-hybridized carbons (Fsp3) is 0.455. The average Bonchev–Trinajstić information content (AvgIpc) is 2.71.